The van der Waals surface area contributed by atoms with Gasteiger partial charge in [-0.1, -0.05) is 13.8 Å². The number of hydrogen-bond donors (Lipinski definition) is 2. The summed E-state index contributed by atoms with van der Waals surface area (Å²) < 4.78 is 1.92. The Bertz CT molecular complexity index is 345. The molecule has 1 rings (SSSR count). The summed E-state index contributed by atoms with van der Waals surface area (Å²) in [6, 6.07) is 2.07. The molecular formula is C11H16Br2N2O. The minimum Gasteiger partial charge on any atom is -0.395 e. The van der Waals surface area contributed by atoms with E-state index in [1.165, 1.54) is 0 Å². The third-order valence-electron chi connectivity index (χ3n) is 2.42. The molecule has 2 N–H and O–H groups in total. The van der Waals surface area contributed by atoms with E-state index >= 15 is 0 Å². The molecule has 1 heterocycles. The second-order valence-electron chi connectivity index (χ2n) is 4.00. The van der Waals surface area contributed by atoms with Crippen LogP contribution in [0.4, 0.5) is 0 Å². The van der Waals surface area contributed by atoms with Crippen molar-refractivity contribution < 1.29 is 5.11 Å². The molecule has 0 aliphatic rings. The molecule has 1 atom stereocenters. The molecule has 0 aliphatic heterocycles. The summed E-state index contributed by atoms with van der Waals surface area (Å²) in [5, 5.41) is 12.5. The molecule has 0 aliphatic carbocycles. The molecule has 0 radical (unpaired) electrons. The first-order valence-corrected chi connectivity index (χ1v) is 6.77. The van der Waals surface area contributed by atoms with Crippen molar-refractivity contribution in [2.24, 2.45) is 5.92 Å². The van der Waals surface area contributed by atoms with Gasteiger partial charge in [0.25, 0.3) is 0 Å². The summed E-state index contributed by atoms with van der Waals surface area (Å²) in [7, 11) is 0. The van der Waals surface area contributed by atoms with Crippen LogP contribution >= 0.6 is 31.9 Å². The average molecular weight is 352 g/mol. The zero-order chi connectivity index (χ0) is 12.1. The standard InChI is InChI=1S/C11H16Br2N2O/c1-7(2)11(6-16)15-5-10-9(13)3-8(12)4-14-10/h3-4,7,11,15-16H,5-6H2,1-2H3/t11-/m1/s1. The minimum atomic E-state index is 0.109. The summed E-state index contributed by atoms with van der Waals surface area (Å²) in [6.07, 6.45) is 1.77. The predicted molar refractivity (Wildman–Crippen MR) is 72.2 cm³/mol. The number of rotatable bonds is 5. The molecule has 5 heteroatoms. The maximum atomic E-state index is 9.19. The van der Waals surface area contributed by atoms with Crippen LogP contribution in [0.2, 0.25) is 0 Å². The van der Waals surface area contributed by atoms with Crippen molar-refractivity contribution in [3.63, 3.8) is 0 Å². The molecule has 0 saturated carbocycles. The van der Waals surface area contributed by atoms with Gasteiger partial charge in [-0.05, 0) is 43.8 Å². The smallest absolute Gasteiger partial charge is 0.0684 e. The fourth-order valence-electron chi connectivity index (χ4n) is 1.31. The van der Waals surface area contributed by atoms with Crippen LogP contribution in [0, 0.1) is 5.92 Å². The SMILES string of the molecule is CC(C)[C@@H](CO)NCc1ncc(Br)cc1Br. The minimum absolute atomic E-state index is 0.109. The number of pyridine rings is 1. The summed E-state index contributed by atoms with van der Waals surface area (Å²) in [4.78, 5) is 4.31. The molecule has 0 unspecified atom stereocenters. The van der Waals surface area contributed by atoms with E-state index in [4.69, 9.17) is 0 Å². The van der Waals surface area contributed by atoms with Crippen LogP contribution in [0.25, 0.3) is 0 Å². The summed E-state index contributed by atoms with van der Waals surface area (Å²) in [6.45, 7) is 4.96. The maximum absolute atomic E-state index is 9.19. The van der Waals surface area contributed by atoms with E-state index in [0.717, 1.165) is 14.6 Å². The molecule has 1 aromatic heterocycles. The Balaban J connectivity index is 2.60. The lowest BCUT2D eigenvalue weighted by molar-refractivity contribution is 0.209. The number of hydrogen-bond acceptors (Lipinski definition) is 3. The van der Waals surface area contributed by atoms with Gasteiger partial charge < -0.3 is 10.4 Å². The highest BCUT2D eigenvalue weighted by atomic mass is 79.9. The van der Waals surface area contributed by atoms with E-state index in [0.29, 0.717) is 12.5 Å². The van der Waals surface area contributed by atoms with Crippen LogP contribution in [0.15, 0.2) is 21.2 Å². The highest BCUT2D eigenvalue weighted by Crippen LogP contribution is 2.19. The van der Waals surface area contributed by atoms with Crippen molar-refractivity contribution in [1.82, 2.24) is 10.3 Å². The van der Waals surface area contributed by atoms with Crippen molar-refractivity contribution in [1.29, 1.82) is 0 Å². The van der Waals surface area contributed by atoms with Crippen molar-refractivity contribution in [3.8, 4) is 0 Å². The van der Waals surface area contributed by atoms with E-state index in [1.54, 1.807) is 6.20 Å². The monoisotopic (exact) mass is 350 g/mol. The molecule has 1 aromatic rings. The highest BCUT2D eigenvalue weighted by molar-refractivity contribution is 9.11. The van der Waals surface area contributed by atoms with Gasteiger partial charge in [0.15, 0.2) is 0 Å². The van der Waals surface area contributed by atoms with Gasteiger partial charge in [-0.2, -0.15) is 0 Å². The average Bonchev–Trinajstić information content (AvgIpc) is 2.21. The zero-order valence-corrected chi connectivity index (χ0v) is 12.5. The Morgan fingerprint density at radius 1 is 1.44 bits per heavy atom. The summed E-state index contributed by atoms with van der Waals surface area (Å²) >= 11 is 6.82. The van der Waals surface area contributed by atoms with E-state index < -0.39 is 0 Å². The molecule has 0 spiro atoms. The molecule has 0 bridgehead atoms. The Kier molecular flexibility index (Phi) is 5.89. The van der Waals surface area contributed by atoms with Crippen LogP contribution in [0.1, 0.15) is 19.5 Å². The zero-order valence-electron chi connectivity index (χ0n) is 9.37. The van der Waals surface area contributed by atoms with Gasteiger partial charge in [0, 0.05) is 27.7 Å². The molecule has 3 nitrogen and oxygen atoms in total. The highest BCUT2D eigenvalue weighted by Gasteiger charge is 2.12. The van der Waals surface area contributed by atoms with E-state index in [-0.39, 0.29) is 12.6 Å². The Hall–Kier alpha value is 0.0300. The molecular weight excluding hydrogens is 336 g/mol. The largest absolute Gasteiger partial charge is 0.395 e. The lowest BCUT2D eigenvalue weighted by Gasteiger charge is -2.19. The van der Waals surface area contributed by atoms with Gasteiger partial charge in [0.2, 0.25) is 0 Å². The van der Waals surface area contributed by atoms with Gasteiger partial charge in [0.1, 0.15) is 0 Å². The quantitative estimate of drug-likeness (QED) is 0.857. The second-order valence-corrected chi connectivity index (χ2v) is 5.77. The summed E-state index contributed by atoms with van der Waals surface area (Å²) in [5.41, 5.74) is 0.947. The van der Waals surface area contributed by atoms with Crippen LogP contribution in [-0.4, -0.2) is 22.7 Å². The molecule has 0 saturated heterocycles. The van der Waals surface area contributed by atoms with Crippen LogP contribution in [-0.2, 0) is 6.54 Å². The molecule has 0 amide bonds. The lowest BCUT2D eigenvalue weighted by Crippen LogP contribution is -2.36. The van der Waals surface area contributed by atoms with Gasteiger partial charge in [-0.25, -0.2) is 0 Å². The first kappa shape index (κ1) is 14.1. The third-order valence-corrected chi connectivity index (χ3v) is 3.54. The van der Waals surface area contributed by atoms with Crippen LogP contribution in [0.3, 0.4) is 0 Å². The second kappa shape index (κ2) is 6.69. The first-order valence-electron chi connectivity index (χ1n) is 5.18. The topological polar surface area (TPSA) is 45.1 Å². The number of halogens is 2. The number of aliphatic hydroxyl groups is 1. The van der Waals surface area contributed by atoms with Gasteiger partial charge in [-0.15, -0.1) is 0 Å². The maximum Gasteiger partial charge on any atom is 0.0684 e. The first-order chi connectivity index (χ1) is 7.54. The van der Waals surface area contributed by atoms with Crippen molar-refractivity contribution in [2.75, 3.05) is 6.61 Å². The Labute approximate surface area is 113 Å². The Morgan fingerprint density at radius 3 is 2.62 bits per heavy atom. The molecule has 90 valence electrons. The van der Waals surface area contributed by atoms with Crippen LogP contribution < -0.4 is 5.32 Å². The van der Waals surface area contributed by atoms with Crippen molar-refractivity contribution in [2.45, 2.75) is 26.4 Å². The van der Waals surface area contributed by atoms with E-state index in [9.17, 15) is 5.11 Å². The fraction of sp³-hybridized carbons (Fsp3) is 0.545. The molecule has 0 fully saturated rings. The lowest BCUT2D eigenvalue weighted by atomic mass is 10.1. The number of aliphatic hydroxyl groups excluding tert-OH is 1. The normalized spacial score (nSPS) is 13.1. The van der Waals surface area contributed by atoms with Gasteiger partial charge >= 0.3 is 0 Å². The number of aromatic nitrogens is 1. The van der Waals surface area contributed by atoms with Crippen LogP contribution in [0.5, 0.6) is 0 Å². The van der Waals surface area contributed by atoms with E-state index in [1.807, 2.05) is 6.07 Å². The number of nitrogens with zero attached hydrogens (tertiary/aromatic N) is 1. The predicted octanol–water partition coefficient (Wildman–Crippen LogP) is 2.71. The fourth-order valence-corrected chi connectivity index (χ4v) is 2.44. The summed E-state index contributed by atoms with van der Waals surface area (Å²) in [5.74, 6) is 0.402. The molecule has 16 heavy (non-hydrogen) atoms. The van der Waals surface area contributed by atoms with E-state index in [2.05, 4.69) is 56.0 Å². The molecule has 0 aromatic carbocycles. The van der Waals surface area contributed by atoms with Gasteiger partial charge in [-0.3, -0.25) is 4.98 Å². The number of nitrogens with one attached hydrogen (secondary N) is 1. The third kappa shape index (κ3) is 4.13. The van der Waals surface area contributed by atoms with Crippen molar-refractivity contribution >= 4 is 31.9 Å². The van der Waals surface area contributed by atoms with Crippen molar-refractivity contribution in [3.05, 3.63) is 26.9 Å². The van der Waals surface area contributed by atoms with Gasteiger partial charge in [0.05, 0.1) is 12.3 Å². The Morgan fingerprint density at radius 2 is 2.12 bits per heavy atom.